The molecule has 2 aromatic rings. The number of aromatic nitrogens is 2. The maximum Gasteiger partial charge on any atom is 0.0694 e. The Kier molecular flexibility index (Phi) is 3.28. The van der Waals surface area contributed by atoms with E-state index >= 15 is 0 Å². The summed E-state index contributed by atoms with van der Waals surface area (Å²) in [4.78, 5) is 0. The van der Waals surface area contributed by atoms with Crippen LogP contribution >= 0.6 is 12.4 Å². The van der Waals surface area contributed by atoms with Crippen LogP contribution in [0.25, 0.3) is 5.52 Å². The summed E-state index contributed by atoms with van der Waals surface area (Å²) in [5.74, 6) is 0. The van der Waals surface area contributed by atoms with Crippen molar-refractivity contribution in [2.75, 3.05) is 6.54 Å². The van der Waals surface area contributed by atoms with Crippen molar-refractivity contribution in [3.63, 3.8) is 0 Å². The maximum absolute atomic E-state index is 5.47. The fourth-order valence-corrected chi connectivity index (χ4v) is 1.34. The van der Waals surface area contributed by atoms with Gasteiger partial charge in [-0.05, 0) is 30.7 Å². The van der Waals surface area contributed by atoms with Gasteiger partial charge in [0.15, 0.2) is 0 Å². The van der Waals surface area contributed by atoms with Gasteiger partial charge in [0.2, 0.25) is 0 Å². The average molecular weight is 198 g/mol. The highest BCUT2D eigenvalue weighted by atomic mass is 35.5. The van der Waals surface area contributed by atoms with Gasteiger partial charge in [-0.2, -0.15) is 5.10 Å². The van der Waals surface area contributed by atoms with Crippen LogP contribution in [0.4, 0.5) is 0 Å². The molecular weight excluding hydrogens is 186 g/mol. The van der Waals surface area contributed by atoms with E-state index in [1.54, 1.807) is 0 Å². The Morgan fingerprint density at radius 3 is 3.00 bits per heavy atom. The molecule has 0 bridgehead atoms. The van der Waals surface area contributed by atoms with Crippen molar-refractivity contribution < 1.29 is 0 Å². The molecule has 0 aliphatic heterocycles. The van der Waals surface area contributed by atoms with Crippen LogP contribution in [-0.2, 0) is 6.42 Å². The van der Waals surface area contributed by atoms with E-state index < -0.39 is 0 Å². The Balaban J connectivity index is 0.000000845. The van der Waals surface area contributed by atoms with E-state index in [1.807, 2.05) is 29.0 Å². The van der Waals surface area contributed by atoms with Crippen LogP contribution < -0.4 is 5.73 Å². The molecule has 0 aliphatic carbocycles. The topological polar surface area (TPSA) is 43.3 Å². The largest absolute Gasteiger partial charge is 0.330 e. The number of fused-ring (bicyclic) bond motifs is 1. The third kappa shape index (κ3) is 1.82. The molecule has 0 radical (unpaired) electrons. The van der Waals surface area contributed by atoms with E-state index in [1.165, 1.54) is 5.56 Å². The number of pyridine rings is 1. The standard InChI is InChI=1S/C9H11N3.ClH/c10-5-4-8-7-11-12-6-2-1-3-9(8)12;/h1-3,6-7H,4-5,10H2;1H. The second-order valence-corrected chi connectivity index (χ2v) is 2.74. The molecule has 2 heterocycles. The lowest BCUT2D eigenvalue weighted by atomic mass is 10.2. The van der Waals surface area contributed by atoms with Gasteiger partial charge in [-0.15, -0.1) is 12.4 Å². The van der Waals surface area contributed by atoms with E-state index in [4.69, 9.17) is 5.73 Å². The van der Waals surface area contributed by atoms with Gasteiger partial charge in [0, 0.05) is 6.20 Å². The smallest absolute Gasteiger partial charge is 0.0694 e. The summed E-state index contributed by atoms with van der Waals surface area (Å²) >= 11 is 0. The lowest BCUT2D eigenvalue weighted by molar-refractivity contribution is 0.961. The number of nitrogens with two attached hydrogens (primary N) is 1. The second-order valence-electron chi connectivity index (χ2n) is 2.74. The van der Waals surface area contributed by atoms with Crippen molar-refractivity contribution in [1.82, 2.24) is 9.61 Å². The minimum absolute atomic E-state index is 0. The van der Waals surface area contributed by atoms with Gasteiger partial charge >= 0.3 is 0 Å². The third-order valence-corrected chi connectivity index (χ3v) is 1.92. The van der Waals surface area contributed by atoms with Gasteiger partial charge in [-0.25, -0.2) is 4.52 Å². The van der Waals surface area contributed by atoms with E-state index in [9.17, 15) is 0 Å². The minimum Gasteiger partial charge on any atom is -0.330 e. The highest BCUT2D eigenvalue weighted by Gasteiger charge is 2.00. The van der Waals surface area contributed by atoms with Crippen LogP contribution in [0.1, 0.15) is 5.56 Å². The zero-order valence-corrected chi connectivity index (χ0v) is 8.00. The number of halogens is 1. The van der Waals surface area contributed by atoms with Crippen molar-refractivity contribution in [3.05, 3.63) is 36.2 Å². The Labute approximate surface area is 83.0 Å². The van der Waals surface area contributed by atoms with Crippen LogP contribution in [0.3, 0.4) is 0 Å². The van der Waals surface area contributed by atoms with Gasteiger partial charge in [0.25, 0.3) is 0 Å². The van der Waals surface area contributed by atoms with Gasteiger partial charge in [-0.1, -0.05) is 6.07 Å². The van der Waals surface area contributed by atoms with Gasteiger partial charge in [0.05, 0.1) is 11.7 Å². The molecule has 0 unspecified atom stereocenters. The predicted octanol–water partition coefficient (Wildman–Crippen LogP) is 1.26. The maximum atomic E-state index is 5.47. The molecule has 0 fully saturated rings. The predicted molar refractivity (Wildman–Crippen MR) is 55.2 cm³/mol. The zero-order chi connectivity index (χ0) is 8.39. The Hall–Kier alpha value is -1.06. The number of nitrogens with zero attached hydrogens (tertiary/aromatic N) is 2. The molecule has 2 aromatic heterocycles. The molecule has 0 aromatic carbocycles. The summed E-state index contributed by atoms with van der Waals surface area (Å²) in [6, 6.07) is 6.03. The molecule has 4 heteroatoms. The molecule has 0 saturated heterocycles. The minimum atomic E-state index is 0. The fourth-order valence-electron chi connectivity index (χ4n) is 1.34. The van der Waals surface area contributed by atoms with Crippen LogP contribution in [-0.4, -0.2) is 16.2 Å². The first-order chi connectivity index (χ1) is 5.92. The molecule has 2 rings (SSSR count). The van der Waals surface area contributed by atoms with Crippen molar-refractivity contribution >= 4 is 17.9 Å². The molecule has 13 heavy (non-hydrogen) atoms. The normalized spacial score (nSPS) is 9.92. The van der Waals surface area contributed by atoms with E-state index in [0.717, 1.165) is 11.9 Å². The van der Waals surface area contributed by atoms with E-state index in [0.29, 0.717) is 6.54 Å². The molecule has 0 amide bonds. The van der Waals surface area contributed by atoms with Crippen LogP contribution in [0.5, 0.6) is 0 Å². The van der Waals surface area contributed by atoms with Crippen LogP contribution in [0, 0.1) is 0 Å². The molecule has 0 aliphatic rings. The first kappa shape index (κ1) is 10.0. The third-order valence-electron chi connectivity index (χ3n) is 1.92. The molecule has 0 spiro atoms. The molecular formula is C9H12ClN3. The summed E-state index contributed by atoms with van der Waals surface area (Å²) in [5.41, 5.74) is 7.85. The molecule has 0 saturated carbocycles. The quantitative estimate of drug-likeness (QED) is 0.788. The lowest BCUT2D eigenvalue weighted by Gasteiger charge is -1.94. The van der Waals surface area contributed by atoms with E-state index in [2.05, 4.69) is 11.2 Å². The second kappa shape index (κ2) is 4.25. The van der Waals surface area contributed by atoms with Crippen molar-refractivity contribution in [2.45, 2.75) is 6.42 Å². The Morgan fingerprint density at radius 2 is 2.23 bits per heavy atom. The van der Waals surface area contributed by atoms with Crippen LogP contribution in [0.2, 0.25) is 0 Å². The molecule has 70 valence electrons. The number of hydrogen-bond acceptors (Lipinski definition) is 2. The Morgan fingerprint density at radius 1 is 1.38 bits per heavy atom. The monoisotopic (exact) mass is 197 g/mol. The summed E-state index contributed by atoms with van der Waals surface area (Å²) in [6.07, 6.45) is 4.71. The molecule has 2 N–H and O–H groups in total. The van der Waals surface area contributed by atoms with Crippen LogP contribution in [0.15, 0.2) is 30.6 Å². The van der Waals surface area contributed by atoms with Gasteiger partial charge in [-0.3, -0.25) is 0 Å². The summed E-state index contributed by atoms with van der Waals surface area (Å²) in [7, 11) is 0. The molecule has 3 nitrogen and oxygen atoms in total. The van der Waals surface area contributed by atoms with Crippen molar-refractivity contribution in [2.24, 2.45) is 5.73 Å². The fraction of sp³-hybridized carbons (Fsp3) is 0.222. The lowest BCUT2D eigenvalue weighted by Crippen LogP contribution is -2.02. The number of rotatable bonds is 2. The Bertz CT molecular complexity index is 383. The SMILES string of the molecule is Cl.NCCc1cnn2ccccc12. The summed E-state index contributed by atoms with van der Waals surface area (Å²) in [6.45, 7) is 0.677. The van der Waals surface area contributed by atoms with Gasteiger partial charge in [0.1, 0.15) is 0 Å². The first-order valence-corrected chi connectivity index (χ1v) is 4.03. The highest BCUT2D eigenvalue weighted by molar-refractivity contribution is 5.85. The van der Waals surface area contributed by atoms with Crippen molar-refractivity contribution in [1.29, 1.82) is 0 Å². The summed E-state index contributed by atoms with van der Waals surface area (Å²) < 4.78 is 1.87. The summed E-state index contributed by atoms with van der Waals surface area (Å²) in [5, 5.41) is 4.20. The first-order valence-electron chi connectivity index (χ1n) is 4.03. The zero-order valence-electron chi connectivity index (χ0n) is 7.18. The van der Waals surface area contributed by atoms with Gasteiger partial charge < -0.3 is 5.73 Å². The molecule has 0 atom stereocenters. The van der Waals surface area contributed by atoms with E-state index in [-0.39, 0.29) is 12.4 Å². The number of hydrogen-bond donors (Lipinski definition) is 1. The highest BCUT2D eigenvalue weighted by Crippen LogP contribution is 2.09. The average Bonchev–Trinajstić information content (AvgIpc) is 2.50. The van der Waals surface area contributed by atoms with Crippen molar-refractivity contribution in [3.8, 4) is 0 Å².